The molecule has 1 N–H and O–H groups in total. The van der Waals surface area contributed by atoms with Crippen LogP contribution in [0.2, 0.25) is 0 Å². The third kappa shape index (κ3) is 4.08. The molecule has 1 aromatic heterocycles. The van der Waals surface area contributed by atoms with Crippen LogP contribution in [-0.2, 0) is 0 Å². The molecule has 0 saturated carbocycles. The average molecular weight is 194 g/mol. The number of aromatic nitrogens is 2. The number of nitrogens with one attached hydrogen (secondary N) is 1. The van der Waals surface area contributed by atoms with Gasteiger partial charge in [-0.3, -0.25) is 0 Å². The highest BCUT2D eigenvalue weighted by molar-refractivity contribution is 5.73. The van der Waals surface area contributed by atoms with E-state index in [9.17, 15) is 0 Å². The zero-order valence-electron chi connectivity index (χ0n) is 9.54. The van der Waals surface area contributed by atoms with Crippen molar-refractivity contribution in [3.63, 3.8) is 0 Å². The number of hydrogen-bond donors (Lipinski definition) is 1. The molecule has 0 aliphatic carbocycles. The van der Waals surface area contributed by atoms with Crippen LogP contribution in [-0.4, -0.2) is 9.97 Å². The molecule has 2 nitrogen and oxygen atoms in total. The predicted molar refractivity (Wildman–Crippen MR) is 65.5 cm³/mol. The van der Waals surface area contributed by atoms with Gasteiger partial charge in [-0.25, -0.2) is 4.98 Å². The molecule has 0 unspecified atom stereocenters. The van der Waals surface area contributed by atoms with E-state index >= 15 is 0 Å². The van der Waals surface area contributed by atoms with Crippen LogP contribution in [0.4, 0.5) is 0 Å². The molecular formula is C12H22N2. The minimum Gasteiger partial charge on any atom is -0.345 e. The molecule has 0 bridgehead atoms. The average Bonchev–Trinajstić information content (AvgIpc) is 2.69. The Morgan fingerprint density at radius 1 is 1.21 bits per heavy atom. The maximum absolute atomic E-state index is 4.06. The minimum atomic E-state index is 0. The lowest BCUT2D eigenvalue weighted by Gasteiger charge is -1.81. The summed E-state index contributed by atoms with van der Waals surface area (Å²) in [5, 5.41) is 0. The zero-order chi connectivity index (χ0) is 10.8. The molecule has 0 aliphatic rings. The van der Waals surface area contributed by atoms with Crippen LogP contribution < -0.4 is 0 Å². The quantitative estimate of drug-likeness (QED) is 0.667. The second-order valence-corrected chi connectivity index (χ2v) is 2.63. The first-order valence-electron chi connectivity index (χ1n) is 5.26. The molecule has 80 valence electrons. The van der Waals surface area contributed by atoms with Crippen LogP contribution in [0.1, 0.15) is 35.5 Å². The number of benzene rings is 1. The van der Waals surface area contributed by atoms with E-state index in [0.717, 1.165) is 11.0 Å². The van der Waals surface area contributed by atoms with Crippen molar-refractivity contribution in [2.45, 2.75) is 34.1 Å². The molecule has 0 aliphatic heterocycles. The van der Waals surface area contributed by atoms with Gasteiger partial charge in [0, 0.05) is 1.43 Å². The Balaban J connectivity index is 0. The maximum Gasteiger partial charge on any atom is 0.0931 e. The molecule has 0 saturated heterocycles. The molecule has 0 fully saturated rings. The standard InChI is InChI=1S/C7H6N2.C3H8.C2H6.H2/c1-2-4-7-6(3-1)8-5-9-7;1-3-2;1-2;/h1-5H,(H,8,9);3H2,1-2H3;1-2H3;1H. The summed E-state index contributed by atoms with van der Waals surface area (Å²) in [5.41, 5.74) is 2.12. The number of nitrogens with zero attached hydrogens (tertiary/aromatic N) is 1. The number of fused-ring (bicyclic) bond motifs is 1. The number of hydrogen-bond acceptors (Lipinski definition) is 1. The molecule has 2 rings (SSSR count). The van der Waals surface area contributed by atoms with Crippen LogP contribution in [0.5, 0.6) is 0 Å². The maximum atomic E-state index is 4.06. The number of rotatable bonds is 0. The van der Waals surface area contributed by atoms with Gasteiger partial charge in [-0.15, -0.1) is 0 Å². The van der Waals surface area contributed by atoms with Gasteiger partial charge in [-0.2, -0.15) is 0 Å². The van der Waals surface area contributed by atoms with E-state index in [4.69, 9.17) is 0 Å². The van der Waals surface area contributed by atoms with E-state index in [1.54, 1.807) is 6.33 Å². The Morgan fingerprint density at radius 3 is 2.36 bits per heavy atom. The van der Waals surface area contributed by atoms with Crippen molar-refractivity contribution in [1.82, 2.24) is 9.97 Å². The third-order valence-electron chi connectivity index (χ3n) is 1.33. The molecule has 0 atom stereocenters. The molecule has 1 heterocycles. The van der Waals surface area contributed by atoms with Crippen molar-refractivity contribution >= 4 is 11.0 Å². The topological polar surface area (TPSA) is 28.7 Å². The summed E-state index contributed by atoms with van der Waals surface area (Å²) < 4.78 is 0. The molecule has 1 aromatic carbocycles. The fourth-order valence-corrected chi connectivity index (χ4v) is 0.880. The van der Waals surface area contributed by atoms with Gasteiger partial charge in [-0.1, -0.05) is 46.2 Å². The highest BCUT2D eigenvalue weighted by Crippen LogP contribution is 2.05. The summed E-state index contributed by atoms with van der Waals surface area (Å²) in [6.45, 7) is 8.25. The highest BCUT2D eigenvalue weighted by Gasteiger charge is 1.88. The fourth-order valence-electron chi connectivity index (χ4n) is 0.880. The van der Waals surface area contributed by atoms with Crippen molar-refractivity contribution in [1.29, 1.82) is 0 Å². The number of aromatic amines is 1. The van der Waals surface area contributed by atoms with Crippen LogP contribution in [0.25, 0.3) is 11.0 Å². The summed E-state index contributed by atoms with van der Waals surface area (Å²) in [4.78, 5) is 7.07. The Labute approximate surface area is 87.9 Å². The van der Waals surface area contributed by atoms with Crippen molar-refractivity contribution in [2.24, 2.45) is 0 Å². The molecule has 0 spiro atoms. The summed E-state index contributed by atoms with van der Waals surface area (Å²) in [5.74, 6) is 0. The van der Waals surface area contributed by atoms with Gasteiger partial charge in [0.05, 0.1) is 17.4 Å². The highest BCUT2D eigenvalue weighted by atomic mass is 14.9. The van der Waals surface area contributed by atoms with Crippen LogP contribution >= 0.6 is 0 Å². The van der Waals surface area contributed by atoms with Gasteiger partial charge in [0.2, 0.25) is 0 Å². The minimum absolute atomic E-state index is 0. The molecule has 2 aromatic rings. The number of para-hydroxylation sites is 2. The normalized spacial score (nSPS) is 8.29. The lowest BCUT2D eigenvalue weighted by Crippen LogP contribution is -1.63. The van der Waals surface area contributed by atoms with Gasteiger partial charge in [0.1, 0.15) is 0 Å². The first-order chi connectivity index (χ1) is 6.88. The van der Waals surface area contributed by atoms with Crippen molar-refractivity contribution in [2.75, 3.05) is 0 Å². The van der Waals surface area contributed by atoms with E-state index in [1.165, 1.54) is 6.42 Å². The van der Waals surface area contributed by atoms with Crippen molar-refractivity contribution in [3.8, 4) is 0 Å². The molecular weight excluding hydrogens is 172 g/mol. The predicted octanol–water partition coefficient (Wildman–Crippen LogP) is 4.25. The summed E-state index contributed by atoms with van der Waals surface area (Å²) in [7, 11) is 0. The molecule has 0 radical (unpaired) electrons. The van der Waals surface area contributed by atoms with Crippen LogP contribution in [0.3, 0.4) is 0 Å². The Bertz CT molecular complexity index is 301. The third-order valence-corrected chi connectivity index (χ3v) is 1.33. The first kappa shape index (κ1) is 12.7. The van der Waals surface area contributed by atoms with Gasteiger partial charge < -0.3 is 4.98 Å². The Kier molecular flexibility index (Phi) is 7.52. The van der Waals surface area contributed by atoms with Crippen LogP contribution in [0, 0.1) is 0 Å². The molecule has 14 heavy (non-hydrogen) atoms. The molecule has 0 amide bonds. The van der Waals surface area contributed by atoms with Gasteiger partial charge >= 0.3 is 0 Å². The largest absolute Gasteiger partial charge is 0.345 e. The Hall–Kier alpha value is -1.31. The molecule has 2 heteroatoms. The Morgan fingerprint density at radius 2 is 1.79 bits per heavy atom. The lowest BCUT2D eigenvalue weighted by atomic mass is 10.3. The summed E-state index contributed by atoms with van der Waals surface area (Å²) >= 11 is 0. The van der Waals surface area contributed by atoms with E-state index in [-0.39, 0.29) is 1.43 Å². The zero-order valence-corrected chi connectivity index (χ0v) is 9.54. The first-order valence-corrected chi connectivity index (χ1v) is 5.26. The van der Waals surface area contributed by atoms with E-state index in [2.05, 4.69) is 23.8 Å². The van der Waals surface area contributed by atoms with Crippen molar-refractivity contribution in [3.05, 3.63) is 30.6 Å². The second kappa shape index (κ2) is 8.30. The second-order valence-electron chi connectivity index (χ2n) is 2.63. The van der Waals surface area contributed by atoms with E-state index in [0.29, 0.717) is 0 Å². The SMILES string of the molecule is CC.CCC.[HH].c1ccc2[nH]cnc2c1. The van der Waals surface area contributed by atoms with E-state index in [1.807, 2.05) is 38.1 Å². The van der Waals surface area contributed by atoms with Crippen molar-refractivity contribution < 1.29 is 1.43 Å². The summed E-state index contributed by atoms with van der Waals surface area (Å²) in [6.07, 6.45) is 2.95. The number of imidazole rings is 1. The van der Waals surface area contributed by atoms with Gasteiger partial charge in [-0.05, 0) is 12.1 Å². The monoisotopic (exact) mass is 194 g/mol. The lowest BCUT2D eigenvalue weighted by molar-refractivity contribution is 1.09. The fraction of sp³-hybridized carbons (Fsp3) is 0.417. The van der Waals surface area contributed by atoms with Crippen LogP contribution in [0.15, 0.2) is 30.6 Å². The van der Waals surface area contributed by atoms with Gasteiger partial charge in [0.25, 0.3) is 0 Å². The summed E-state index contributed by atoms with van der Waals surface area (Å²) in [6, 6.07) is 7.94. The van der Waals surface area contributed by atoms with E-state index < -0.39 is 0 Å². The number of H-pyrrole nitrogens is 1. The smallest absolute Gasteiger partial charge is 0.0931 e. The van der Waals surface area contributed by atoms with Gasteiger partial charge in [0.15, 0.2) is 0 Å².